The van der Waals surface area contributed by atoms with Gasteiger partial charge in [-0.05, 0) is 26.2 Å². The zero-order chi connectivity index (χ0) is 12.6. The molecular formula is C12H15N3O2. The van der Waals surface area contributed by atoms with E-state index < -0.39 is 0 Å². The maximum Gasteiger partial charge on any atom is 0.263 e. The van der Waals surface area contributed by atoms with Crippen molar-refractivity contribution < 1.29 is 9.59 Å². The Kier molecular flexibility index (Phi) is 2.85. The SMILES string of the molecule is CN(C)CCN1C(=O)c2cccc(N)c2C1=O. The quantitative estimate of drug-likeness (QED) is 0.607. The molecule has 2 amide bonds. The number of amides is 2. The zero-order valence-corrected chi connectivity index (χ0v) is 9.93. The van der Waals surface area contributed by atoms with Gasteiger partial charge in [0.25, 0.3) is 11.8 Å². The molecule has 1 heterocycles. The number of nitrogens with two attached hydrogens (primary N) is 1. The summed E-state index contributed by atoms with van der Waals surface area (Å²) >= 11 is 0. The zero-order valence-electron chi connectivity index (χ0n) is 9.93. The summed E-state index contributed by atoms with van der Waals surface area (Å²) in [7, 11) is 3.79. The number of nitrogen functional groups attached to an aromatic ring is 1. The minimum atomic E-state index is -0.287. The molecule has 0 spiro atoms. The first-order valence-corrected chi connectivity index (χ1v) is 5.42. The van der Waals surface area contributed by atoms with Gasteiger partial charge in [0.15, 0.2) is 0 Å². The van der Waals surface area contributed by atoms with E-state index in [1.165, 1.54) is 4.90 Å². The molecule has 17 heavy (non-hydrogen) atoms. The largest absolute Gasteiger partial charge is 0.398 e. The molecule has 0 unspecified atom stereocenters. The van der Waals surface area contributed by atoms with Gasteiger partial charge >= 0.3 is 0 Å². The molecule has 0 saturated heterocycles. The fraction of sp³-hybridized carbons (Fsp3) is 0.333. The summed E-state index contributed by atoms with van der Waals surface area (Å²) in [6, 6.07) is 4.97. The first-order chi connectivity index (χ1) is 8.02. The van der Waals surface area contributed by atoms with Crippen LogP contribution in [-0.2, 0) is 0 Å². The number of nitrogens with zero attached hydrogens (tertiary/aromatic N) is 2. The number of fused-ring (bicyclic) bond motifs is 1. The van der Waals surface area contributed by atoms with Crippen LogP contribution >= 0.6 is 0 Å². The van der Waals surface area contributed by atoms with Crippen molar-refractivity contribution in [2.24, 2.45) is 0 Å². The van der Waals surface area contributed by atoms with Crippen molar-refractivity contribution in [1.29, 1.82) is 0 Å². The highest BCUT2D eigenvalue weighted by molar-refractivity contribution is 6.23. The van der Waals surface area contributed by atoms with E-state index in [0.29, 0.717) is 29.9 Å². The Bertz CT molecular complexity index is 483. The lowest BCUT2D eigenvalue weighted by Crippen LogP contribution is -2.36. The van der Waals surface area contributed by atoms with Gasteiger partial charge in [0.05, 0.1) is 11.1 Å². The predicted octanol–water partition coefficient (Wildman–Crippen LogP) is 0.426. The van der Waals surface area contributed by atoms with Crippen LogP contribution in [0.1, 0.15) is 20.7 Å². The van der Waals surface area contributed by atoms with E-state index in [-0.39, 0.29) is 11.8 Å². The van der Waals surface area contributed by atoms with Gasteiger partial charge in [-0.25, -0.2) is 0 Å². The van der Waals surface area contributed by atoms with Gasteiger partial charge < -0.3 is 10.6 Å². The molecule has 0 saturated carbocycles. The molecule has 0 radical (unpaired) electrons. The third-order valence-corrected chi connectivity index (χ3v) is 2.80. The molecule has 90 valence electrons. The molecule has 2 rings (SSSR count). The van der Waals surface area contributed by atoms with E-state index in [0.717, 1.165) is 0 Å². The van der Waals surface area contributed by atoms with E-state index in [1.54, 1.807) is 18.2 Å². The Labute approximate surface area is 99.8 Å². The molecule has 5 heteroatoms. The normalized spacial score (nSPS) is 14.6. The van der Waals surface area contributed by atoms with E-state index in [1.807, 2.05) is 19.0 Å². The van der Waals surface area contributed by atoms with Crippen molar-refractivity contribution >= 4 is 17.5 Å². The molecule has 5 nitrogen and oxygen atoms in total. The summed E-state index contributed by atoms with van der Waals surface area (Å²) in [5.74, 6) is -0.538. The number of carbonyl (C=O) groups is 2. The van der Waals surface area contributed by atoms with Crippen molar-refractivity contribution in [1.82, 2.24) is 9.80 Å². The highest BCUT2D eigenvalue weighted by Gasteiger charge is 2.36. The van der Waals surface area contributed by atoms with Crippen LogP contribution in [0.3, 0.4) is 0 Å². The second-order valence-corrected chi connectivity index (χ2v) is 4.34. The Morgan fingerprint density at radius 2 is 1.94 bits per heavy atom. The van der Waals surface area contributed by atoms with Gasteiger partial charge in [0.1, 0.15) is 0 Å². The highest BCUT2D eigenvalue weighted by Crippen LogP contribution is 2.27. The molecule has 1 aromatic rings. The molecule has 0 aromatic heterocycles. The molecule has 0 bridgehead atoms. The maximum absolute atomic E-state index is 12.0. The Balaban J connectivity index is 2.30. The number of imide groups is 1. The Morgan fingerprint density at radius 3 is 2.53 bits per heavy atom. The smallest absolute Gasteiger partial charge is 0.263 e. The van der Waals surface area contributed by atoms with Crippen LogP contribution in [0.25, 0.3) is 0 Å². The van der Waals surface area contributed by atoms with Gasteiger partial charge in [0.2, 0.25) is 0 Å². The van der Waals surface area contributed by atoms with Crippen LogP contribution in [-0.4, -0.2) is 48.8 Å². The number of carbonyl (C=O) groups excluding carboxylic acids is 2. The van der Waals surface area contributed by atoms with Gasteiger partial charge in [-0.2, -0.15) is 0 Å². The van der Waals surface area contributed by atoms with Gasteiger partial charge in [-0.15, -0.1) is 0 Å². The summed E-state index contributed by atoms with van der Waals surface area (Å²) in [5, 5.41) is 0. The van der Waals surface area contributed by atoms with Crippen molar-refractivity contribution in [3.05, 3.63) is 29.3 Å². The fourth-order valence-corrected chi connectivity index (χ4v) is 1.86. The number of likely N-dealkylation sites (N-methyl/N-ethyl adjacent to an activating group) is 1. The van der Waals surface area contributed by atoms with Gasteiger partial charge in [-0.1, -0.05) is 6.07 Å². The third-order valence-electron chi connectivity index (χ3n) is 2.80. The molecular weight excluding hydrogens is 218 g/mol. The fourth-order valence-electron chi connectivity index (χ4n) is 1.86. The lowest BCUT2D eigenvalue weighted by atomic mass is 10.1. The number of anilines is 1. The minimum absolute atomic E-state index is 0.251. The number of benzene rings is 1. The average molecular weight is 233 g/mol. The predicted molar refractivity (Wildman–Crippen MR) is 64.8 cm³/mol. The Hall–Kier alpha value is -1.88. The lowest BCUT2D eigenvalue weighted by molar-refractivity contribution is 0.0645. The van der Waals surface area contributed by atoms with Crippen LogP contribution in [0.15, 0.2) is 18.2 Å². The van der Waals surface area contributed by atoms with Crippen molar-refractivity contribution in [3.8, 4) is 0 Å². The van der Waals surface area contributed by atoms with Crippen LogP contribution in [0.4, 0.5) is 5.69 Å². The first kappa shape index (κ1) is 11.6. The molecule has 1 aliphatic heterocycles. The molecule has 2 N–H and O–H groups in total. The number of hydrogen-bond acceptors (Lipinski definition) is 4. The van der Waals surface area contributed by atoms with E-state index in [4.69, 9.17) is 5.73 Å². The summed E-state index contributed by atoms with van der Waals surface area (Å²) in [6.45, 7) is 1.03. The third kappa shape index (κ3) is 1.89. The second kappa shape index (κ2) is 4.18. The molecule has 0 atom stereocenters. The van der Waals surface area contributed by atoms with Gasteiger partial charge in [-0.3, -0.25) is 14.5 Å². The van der Waals surface area contributed by atoms with Crippen LogP contribution in [0.2, 0.25) is 0 Å². The van der Waals surface area contributed by atoms with Crippen LogP contribution in [0.5, 0.6) is 0 Å². The van der Waals surface area contributed by atoms with Crippen molar-refractivity contribution in [3.63, 3.8) is 0 Å². The second-order valence-electron chi connectivity index (χ2n) is 4.34. The monoisotopic (exact) mass is 233 g/mol. The summed E-state index contributed by atoms with van der Waals surface area (Å²) in [4.78, 5) is 27.2. The van der Waals surface area contributed by atoms with Crippen molar-refractivity contribution in [2.45, 2.75) is 0 Å². The van der Waals surface area contributed by atoms with Crippen LogP contribution < -0.4 is 5.73 Å². The maximum atomic E-state index is 12.0. The molecule has 1 aliphatic rings. The first-order valence-electron chi connectivity index (χ1n) is 5.42. The van der Waals surface area contributed by atoms with E-state index in [9.17, 15) is 9.59 Å². The average Bonchev–Trinajstić information content (AvgIpc) is 2.50. The Morgan fingerprint density at radius 1 is 1.24 bits per heavy atom. The van der Waals surface area contributed by atoms with Gasteiger partial charge in [0, 0.05) is 18.8 Å². The standard InChI is InChI=1S/C12H15N3O2/c1-14(2)6-7-15-11(16)8-4-3-5-9(13)10(8)12(15)17/h3-5H,6-7,13H2,1-2H3. The summed E-state index contributed by atoms with van der Waals surface area (Å²) < 4.78 is 0. The minimum Gasteiger partial charge on any atom is -0.398 e. The van der Waals surface area contributed by atoms with E-state index in [2.05, 4.69) is 0 Å². The summed E-state index contributed by atoms with van der Waals surface area (Å²) in [6.07, 6.45) is 0. The number of hydrogen-bond donors (Lipinski definition) is 1. The highest BCUT2D eigenvalue weighted by atomic mass is 16.2. The topological polar surface area (TPSA) is 66.6 Å². The lowest BCUT2D eigenvalue weighted by Gasteiger charge is -2.16. The molecule has 0 fully saturated rings. The van der Waals surface area contributed by atoms with Crippen LogP contribution in [0, 0.1) is 0 Å². The molecule has 0 aliphatic carbocycles. The molecule has 1 aromatic carbocycles. The van der Waals surface area contributed by atoms with E-state index >= 15 is 0 Å². The number of rotatable bonds is 3. The summed E-state index contributed by atoms with van der Waals surface area (Å²) in [5.41, 5.74) is 6.86. The van der Waals surface area contributed by atoms with Crippen molar-refractivity contribution in [2.75, 3.05) is 32.9 Å².